The lowest BCUT2D eigenvalue weighted by Crippen LogP contribution is -1.85. The lowest BCUT2D eigenvalue weighted by molar-refractivity contribution is 0.473. The Bertz CT molecular complexity index is 1320. The molecule has 1 N–H and O–H groups in total. The molecule has 0 unspecified atom stereocenters. The second-order valence-corrected chi connectivity index (χ2v) is 8.60. The Hall–Kier alpha value is -2.22. The van der Waals surface area contributed by atoms with Crippen LogP contribution in [0.5, 0.6) is 5.75 Å². The monoisotopic (exact) mass is 574 g/mol. The van der Waals surface area contributed by atoms with Gasteiger partial charge in [-0.1, -0.05) is 12.1 Å². The first-order valence-corrected chi connectivity index (χ1v) is 10.9. The highest BCUT2D eigenvalue weighted by Gasteiger charge is 2.11. The maximum absolute atomic E-state index is 9.87. The number of hydrogen-bond donors (Lipinski definition) is 1. The third-order valence-electron chi connectivity index (χ3n) is 4.21. The van der Waals surface area contributed by atoms with Gasteiger partial charge in [0, 0.05) is 27.8 Å². The van der Waals surface area contributed by atoms with Crippen molar-refractivity contribution >= 4 is 69.9 Å². The van der Waals surface area contributed by atoms with Gasteiger partial charge in [0.25, 0.3) is 0 Å². The van der Waals surface area contributed by atoms with Crippen molar-refractivity contribution in [3.05, 3.63) is 86.5 Å². The van der Waals surface area contributed by atoms with E-state index in [2.05, 4.69) is 57.8 Å². The van der Waals surface area contributed by atoms with Gasteiger partial charge in [-0.15, -0.1) is 0 Å². The van der Waals surface area contributed by atoms with Crippen LogP contribution in [0.1, 0.15) is 0 Å². The van der Waals surface area contributed by atoms with Gasteiger partial charge in [-0.05, 0) is 96.3 Å². The summed E-state index contributed by atoms with van der Waals surface area (Å²) in [6.45, 7) is 0. The highest BCUT2D eigenvalue weighted by Crippen LogP contribution is 2.37. The van der Waals surface area contributed by atoms with Crippen LogP contribution in [0.15, 0.2) is 90.9 Å². The number of aromatic nitrogens is 2. The average Bonchev–Trinajstić information content (AvgIpc) is 3.12. The van der Waals surface area contributed by atoms with E-state index in [-0.39, 0.29) is 5.75 Å². The van der Waals surface area contributed by atoms with Crippen LogP contribution in [0.25, 0.3) is 33.3 Å². The summed E-state index contributed by atoms with van der Waals surface area (Å²) in [5.74, 6) is 0.205. The van der Waals surface area contributed by atoms with E-state index in [1.165, 1.54) is 0 Å². The maximum atomic E-state index is 9.87. The lowest BCUT2D eigenvalue weighted by Gasteiger charge is -2.06. The van der Waals surface area contributed by atoms with E-state index in [0.717, 1.165) is 36.7 Å². The van der Waals surface area contributed by atoms with Crippen molar-refractivity contribution in [2.75, 3.05) is 0 Å². The maximum Gasteiger partial charge on any atom is 0.153 e. The molecule has 0 saturated carbocycles. The first kappa shape index (κ1) is 20.1. The van der Waals surface area contributed by atoms with E-state index < -0.39 is 0 Å². The molecule has 0 radical (unpaired) electrons. The molecule has 0 aliphatic rings. The molecule has 0 bridgehead atoms. The van der Waals surface area contributed by atoms with Crippen molar-refractivity contribution in [1.29, 1.82) is 0 Å². The number of benzene rings is 2. The molecule has 4 nitrogen and oxygen atoms in total. The van der Waals surface area contributed by atoms with Crippen LogP contribution < -0.4 is 0 Å². The van der Waals surface area contributed by atoms with Crippen molar-refractivity contribution in [1.82, 2.24) is 9.97 Å². The lowest BCUT2D eigenvalue weighted by atomic mass is 10.1. The molecule has 3 heterocycles. The highest BCUT2D eigenvalue weighted by molar-refractivity contribution is 9.11. The Morgan fingerprint density at radius 2 is 1.41 bits per heavy atom. The van der Waals surface area contributed by atoms with E-state index in [1.807, 2.05) is 54.6 Å². The van der Waals surface area contributed by atoms with Crippen molar-refractivity contribution in [2.24, 2.45) is 0 Å². The molecular weight excluding hydrogens is 564 g/mol. The van der Waals surface area contributed by atoms with Crippen LogP contribution >= 0.6 is 47.8 Å². The molecule has 0 atom stereocenters. The number of pyridine rings is 2. The van der Waals surface area contributed by atoms with Gasteiger partial charge < -0.3 is 9.52 Å². The van der Waals surface area contributed by atoms with Crippen molar-refractivity contribution < 1.29 is 9.52 Å². The summed E-state index contributed by atoms with van der Waals surface area (Å²) in [5.41, 5.74) is 4.05. The molecule has 5 rings (SSSR count). The Balaban J connectivity index is 0.000000141. The van der Waals surface area contributed by atoms with E-state index in [9.17, 15) is 5.11 Å². The zero-order chi connectivity index (χ0) is 20.4. The summed E-state index contributed by atoms with van der Waals surface area (Å²) in [4.78, 5) is 8.52. The summed E-state index contributed by atoms with van der Waals surface area (Å²) in [6.07, 6.45) is 3.47. The second-order valence-electron chi connectivity index (χ2n) is 6.04. The molecule has 0 spiro atoms. The van der Waals surface area contributed by atoms with Crippen molar-refractivity contribution in [3.63, 3.8) is 0 Å². The van der Waals surface area contributed by atoms with Gasteiger partial charge in [-0.3, -0.25) is 9.97 Å². The van der Waals surface area contributed by atoms with Crippen LogP contribution in [-0.4, -0.2) is 15.1 Å². The summed E-state index contributed by atoms with van der Waals surface area (Å²) in [7, 11) is 0. The number of rotatable bonds is 1. The van der Waals surface area contributed by atoms with Crippen molar-refractivity contribution in [3.8, 4) is 17.0 Å². The predicted molar refractivity (Wildman–Crippen MR) is 126 cm³/mol. The molecule has 0 fully saturated rings. The van der Waals surface area contributed by atoms with E-state index in [1.54, 1.807) is 18.5 Å². The summed E-state index contributed by atoms with van der Waals surface area (Å²) in [6, 6.07) is 19.0. The molecule has 29 heavy (non-hydrogen) atoms. The molecule has 2 aromatic carbocycles. The smallest absolute Gasteiger partial charge is 0.153 e. The summed E-state index contributed by atoms with van der Waals surface area (Å²) >= 11 is 10.1. The minimum Gasteiger partial charge on any atom is -0.506 e. The van der Waals surface area contributed by atoms with Gasteiger partial charge in [-0.25, -0.2) is 0 Å². The van der Waals surface area contributed by atoms with Gasteiger partial charge in [0.1, 0.15) is 11.3 Å². The van der Waals surface area contributed by atoms with Crippen LogP contribution in [0, 0.1) is 0 Å². The Morgan fingerprint density at radius 1 is 0.724 bits per heavy atom. The van der Waals surface area contributed by atoms with Gasteiger partial charge in [-0.2, -0.15) is 0 Å². The highest BCUT2D eigenvalue weighted by atomic mass is 79.9. The van der Waals surface area contributed by atoms with Crippen LogP contribution in [0.2, 0.25) is 0 Å². The average molecular weight is 577 g/mol. The molecular formula is C22H13Br3N2O2. The van der Waals surface area contributed by atoms with Gasteiger partial charge in [0.2, 0.25) is 0 Å². The third-order valence-corrected chi connectivity index (χ3v) is 6.11. The fourth-order valence-corrected chi connectivity index (χ4v) is 4.16. The Kier molecular flexibility index (Phi) is 5.99. The Morgan fingerprint density at radius 3 is 2.24 bits per heavy atom. The molecule has 0 aliphatic heterocycles. The number of phenols is 1. The van der Waals surface area contributed by atoms with Gasteiger partial charge >= 0.3 is 0 Å². The summed E-state index contributed by atoms with van der Waals surface area (Å²) < 4.78 is 8.16. The van der Waals surface area contributed by atoms with E-state index in [0.29, 0.717) is 10.0 Å². The standard InChI is InChI=1S/C11H7Br2NO.C11H6BrNO/c12-8-5-2-6-14-10(8)7-3-1-4-9(13)11(7)15;12-8-4-1-3-7-10-9(14-11(7)8)5-2-6-13-10/h1-6,15H;1-6H. The number of hydrogen-bond acceptors (Lipinski definition) is 4. The van der Waals surface area contributed by atoms with Crippen molar-refractivity contribution in [2.45, 2.75) is 0 Å². The molecule has 3 aromatic heterocycles. The summed E-state index contributed by atoms with van der Waals surface area (Å²) in [5, 5.41) is 10.9. The number of halogens is 3. The largest absolute Gasteiger partial charge is 0.506 e. The zero-order valence-electron chi connectivity index (χ0n) is 14.8. The quantitative estimate of drug-likeness (QED) is 0.222. The third kappa shape index (κ3) is 4.08. The molecule has 144 valence electrons. The molecule has 0 saturated heterocycles. The normalized spacial score (nSPS) is 10.7. The minimum atomic E-state index is 0.205. The Labute approximate surface area is 192 Å². The SMILES string of the molecule is Brc1cccc2c1oc1cccnc12.Oc1c(Br)cccc1-c1ncccc1Br. The first-order valence-electron chi connectivity index (χ1n) is 8.56. The van der Waals surface area contributed by atoms with Crippen LogP contribution in [0.4, 0.5) is 0 Å². The molecule has 0 amide bonds. The van der Waals surface area contributed by atoms with Crippen LogP contribution in [0.3, 0.4) is 0 Å². The molecule has 0 aliphatic carbocycles. The molecule has 5 aromatic rings. The minimum absolute atomic E-state index is 0.205. The zero-order valence-corrected chi connectivity index (χ0v) is 19.6. The van der Waals surface area contributed by atoms with E-state index in [4.69, 9.17) is 4.42 Å². The number of para-hydroxylation sites is 2. The van der Waals surface area contributed by atoms with Gasteiger partial charge in [0.15, 0.2) is 11.2 Å². The number of phenolic OH excluding ortho intramolecular Hbond substituents is 1. The number of aromatic hydroxyl groups is 1. The number of nitrogens with zero attached hydrogens (tertiary/aromatic N) is 2. The fourth-order valence-electron chi connectivity index (χ4n) is 2.87. The first-order chi connectivity index (χ1) is 14.1. The second kappa shape index (κ2) is 8.65. The van der Waals surface area contributed by atoms with Crippen LogP contribution in [-0.2, 0) is 0 Å². The van der Waals surface area contributed by atoms with E-state index >= 15 is 0 Å². The number of fused-ring (bicyclic) bond motifs is 3. The topological polar surface area (TPSA) is 59.2 Å². The number of furan rings is 1. The fraction of sp³-hybridized carbons (Fsp3) is 0. The van der Waals surface area contributed by atoms with Gasteiger partial charge in [0.05, 0.1) is 14.6 Å². The predicted octanol–water partition coefficient (Wildman–Crippen LogP) is 7.72. The molecule has 7 heteroatoms.